The van der Waals surface area contributed by atoms with Crippen molar-refractivity contribution in [3.05, 3.63) is 40.8 Å². The lowest BCUT2D eigenvalue weighted by molar-refractivity contribution is 0.0958. The number of aromatic nitrogens is 1. The predicted octanol–water partition coefficient (Wildman–Crippen LogP) is 4.33. The number of rotatable bonds is 6. The molecule has 1 aliphatic heterocycles. The van der Waals surface area contributed by atoms with Crippen molar-refractivity contribution in [3.8, 4) is 5.75 Å². The lowest BCUT2D eigenvalue weighted by Crippen LogP contribution is -2.29. The Morgan fingerprint density at radius 2 is 1.96 bits per heavy atom. The van der Waals surface area contributed by atoms with Gasteiger partial charge in [0, 0.05) is 19.6 Å². The second-order valence-electron chi connectivity index (χ2n) is 6.68. The summed E-state index contributed by atoms with van der Waals surface area (Å²) in [7, 11) is 1.66. The number of carbonyl (C=O) groups is 1. The average Bonchev–Trinajstić information content (AvgIpc) is 3.28. The Morgan fingerprint density at radius 1 is 1.19 bits per heavy atom. The third kappa shape index (κ3) is 4.25. The van der Waals surface area contributed by atoms with E-state index in [-0.39, 0.29) is 5.91 Å². The van der Waals surface area contributed by atoms with Crippen LogP contribution in [-0.4, -0.2) is 37.6 Å². The van der Waals surface area contributed by atoms with Crippen molar-refractivity contribution in [2.75, 3.05) is 31.6 Å². The number of carbonyl (C=O) groups excluding carboxylic acids is 1. The molecule has 7 heteroatoms. The lowest BCUT2D eigenvalue weighted by Gasteiger charge is -2.25. The second kappa shape index (κ2) is 8.27. The molecule has 3 aromatic rings. The third-order valence-corrected chi connectivity index (χ3v) is 7.13. The molecule has 1 amide bonds. The van der Waals surface area contributed by atoms with Gasteiger partial charge in [-0.15, -0.1) is 11.3 Å². The van der Waals surface area contributed by atoms with E-state index in [1.807, 2.05) is 30.3 Å². The van der Waals surface area contributed by atoms with Gasteiger partial charge in [0.25, 0.3) is 5.91 Å². The van der Waals surface area contributed by atoms with E-state index in [1.165, 1.54) is 24.8 Å². The molecule has 0 unspecified atom stereocenters. The van der Waals surface area contributed by atoms with E-state index < -0.39 is 0 Å². The first kappa shape index (κ1) is 18.3. The van der Waals surface area contributed by atoms with Crippen molar-refractivity contribution in [1.82, 2.24) is 10.3 Å². The number of thiophene rings is 1. The summed E-state index contributed by atoms with van der Waals surface area (Å²) in [4.78, 5) is 20.3. The van der Waals surface area contributed by atoms with E-state index in [0.717, 1.165) is 44.8 Å². The number of ether oxygens (including phenoxy) is 1. The van der Waals surface area contributed by atoms with E-state index in [2.05, 4.69) is 10.2 Å². The molecule has 0 radical (unpaired) electrons. The summed E-state index contributed by atoms with van der Waals surface area (Å²) in [6.07, 6.45) is 4.61. The molecule has 0 atom stereocenters. The number of fused-ring (bicyclic) bond motifs is 1. The van der Waals surface area contributed by atoms with Gasteiger partial charge in [-0.3, -0.25) is 4.79 Å². The molecule has 4 rings (SSSR count). The van der Waals surface area contributed by atoms with E-state index in [4.69, 9.17) is 9.72 Å². The highest BCUT2D eigenvalue weighted by molar-refractivity contribution is 7.40. The summed E-state index contributed by atoms with van der Waals surface area (Å²) < 4.78 is 6.30. The molecule has 2 aromatic heterocycles. The highest BCUT2D eigenvalue weighted by atomic mass is 32.2. The molecule has 5 nitrogen and oxygen atoms in total. The predicted molar refractivity (Wildman–Crippen MR) is 113 cm³/mol. The van der Waals surface area contributed by atoms with Crippen LogP contribution >= 0.6 is 22.7 Å². The van der Waals surface area contributed by atoms with Gasteiger partial charge < -0.3 is 15.0 Å². The molecule has 0 spiro atoms. The Kier molecular flexibility index (Phi) is 5.59. The van der Waals surface area contributed by atoms with Gasteiger partial charge in [0.1, 0.15) is 9.76 Å². The molecular formula is C20H23N3O2S2. The minimum atomic E-state index is -0.0155. The third-order valence-electron chi connectivity index (χ3n) is 4.79. The monoisotopic (exact) mass is 401 g/mol. The number of methoxy groups -OCH3 is 1. The molecule has 3 heterocycles. The first-order valence-electron chi connectivity index (χ1n) is 9.29. The highest BCUT2D eigenvalue weighted by Gasteiger charge is 2.18. The Balaban J connectivity index is 1.34. The zero-order chi connectivity index (χ0) is 18.6. The molecule has 1 saturated heterocycles. The number of amides is 1. The Hall–Kier alpha value is -2.12. The highest BCUT2D eigenvalue weighted by Crippen LogP contribution is 2.36. The van der Waals surface area contributed by atoms with Crippen LogP contribution in [0.5, 0.6) is 5.75 Å². The van der Waals surface area contributed by atoms with Gasteiger partial charge in [0.15, 0.2) is 5.13 Å². The van der Waals surface area contributed by atoms with E-state index in [0.29, 0.717) is 6.54 Å². The fourth-order valence-electron chi connectivity index (χ4n) is 3.26. The average molecular weight is 402 g/mol. The second-order valence-corrected chi connectivity index (χ2v) is 8.97. The normalized spacial score (nSPS) is 14.5. The lowest BCUT2D eigenvalue weighted by atomic mass is 10.1. The maximum absolute atomic E-state index is 12.4. The molecule has 1 N–H and O–H groups in total. The van der Waals surface area contributed by atoms with E-state index >= 15 is 0 Å². The number of piperidine rings is 1. The molecule has 1 fully saturated rings. The molecule has 1 aromatic carbocycles. The largest absolute Gasteiger partial charge is 0.497 e. The van der Waals surface area contributed by atoms with E-state index in [9.17, 15) is 4.79 Å². The smallest absolute Gasteiger partial charge is 0.261 e. The van der Waals surface area contributed by atoms with Crippen molar-refractivity contribution in [3.63, 3.8) is 0 Å². The van der Waals surface area contributed by atoms with Crippen LogP contribution in [0.4, 0.5) is 5.13 Å². The molecule has 0 aliphatic carbocycles. The van der Waals surface area contributed by atoms with E-state index in [1.54, 1.807) is 29.8 Å². The Bertz CT molecular complexity index is 880. The van der Waals surface area contributed by atoms with Gasteiger partial charge in [-0.2, -0.15) is 0 Å². The number of nitrogens with one attached hydrogen (secondary N) is 1. The minimum absolute atomic E-state index is 0.0155. The van der Waals surface area contributed by atoms with Gasteiger partial charge in [-0.25, -0.2) is 4.98 Å². The minimum Gasteiger partial charge on any atom is -0.497 e. The van der Waals surface area contributed by atoms with Crippen LogP contribution in [0.3, 0.4) is 0 Å². The standard InChI is InChI=1S/C20H23N3O2S2/c1-25-15-7-5-14(6-8-15)9-10-21-18(24)17-13-16-19(26-17)27-20(22-16)23-11-3-2-4-12-23/h5-8,13H,2-4,9-12H2,1H3,(H,21,24). The molecular weight excluding hydrogens is 378 g/mol. The van der Waals surface area contributed by atoms with Crippen LogP contribution in [0, 0.1) is 0 Å². The number of anilines is 1. The fourth-order valence-corrected chi connectivity index (χ4v) is 5.49. The maximum Gasteiger partial charge on any atom is 0.261 e. The summed E-state index contributed by atoms with van der Waals surface area (Å²) in [6.45, 7) is 2.81. The Labute approximate surface area is 167 Å². The van der Waals surface area contributed by atoms with Crippen LogP contribution in [0.25, 0.3) is 9.53 Å². The zero-order valence-electron chi connectivity index (χ0n) is 15.4. The number of hydrogen-bond acceptors (Lipinski definition) is 6. The molecule has 0 saturated carbocycles. The van der Waals surface area contributed by atoms with Crippen molar-refractivity contribution in [2.45, 2.75) is 25.7 Å². The summed E-state index contributed by atoms with van der Waals surface area (Å²) in [5.41, 5.74) is 2.13. The first-order chi connectivity index (χ1) is 13.2. The summed E-state index contributed by atoms with van der Waals surface area (Å²) in [5.74, 6) is 0.830. The van der Waals surface area contributed by atoms with Crippen LogP contribution < -0.4 is 15.0 Å². The quantitative estimate of drug-likeness (QED) is 0.668. The van der Waals surface area contributed by atoms with Gasteiger partial charge in [0.2, 0.25) is 0 Å². The number of nitrogens with zero attached hydrogens (tertiary/aromatic N) is 2. The van der Waals surface area contributed by atoms with Crippen LogP contribution in [0.2, 0.25) is 0 Å². The van der Waals surface area contributed by atoms with Crippen LogP contribution in [0.15, 0.2) is 30.3 Å². The number of benzene rings is 1. The molecule has 1 aliphatic rings. The fraction of sp³-hybridized carbons (Fsp3) is 0.400. The molecule has 27 heavy (non-hydrogen) atoms. The first-order valence-corrected chi connectivity index (χ1v) is 10.9. The van der Waals surface area contributed by atoms with Crippen molar-refractivity contribution in [2.24, 2.45) is 0 Å². The Morgan fingerprint density at radius 3 is 2.67 bits per heavy atom. The van der Waals surface area contributed by atoms with Crippen LogP contribution in [-0.2, 0) is 6.42 Å². The zero-order valence-corrected chi connectivity index (χ0v) is 17.0. The van der Waals surface area contributed by atoms with Gasteiger partial charge in [0.05, 0.1) is 17.5 Å². The SMILES string of the molecule is COc1ccc(CCNC(=O)c2cc3nc(N4CCCCC4)sc3s2)cc1. The number of hydrogen-bond donors (Lipinski definition) is 1. The van der Waals surface area contributed by atoms with Gasteiger partial charge in [-0.1, -0.05) is 23.5 Å². The topological polar surface area (TPSA) is 54.5 Å². The molecule has 142 valence electrons. The van der Waals surface area contributed by atoms with Crippen LogP contribution in [0.1, 0.15) is 34.5 Å². The summed E-state index contributed by atoms with van der Waals surface area (Å²) in [6, 6.07) is 9.86. The van der Waals surface area contributed by atoms with Gasteiger partial charge >= 0.3 is 0 Å². The number of thiazole rings is 1. The maximum atomic E-state index is 12.4. The summed E-state index contributed by atoms with van der Waals surface area (Å²) in [5, 5.41) is 4.11. The van der Waals surface area contributed by atoms with Crippen molar-refractivity contribution >= 4 is 43.2 Å². The van der Waals surface area contributed by atoms with Crippen molar-refractivity contribution < 1.29 is 9.53 Å². The van der Waals surface area contributed by atoms with Gasteiger partial charge in [-0.05, 0) is 49.4 Å². The van der Waals surface area contributed by atoms with Crippen molar-refractivity contribution in [1.29, 1.82) is 0 Å². The summed E-state index contributed by atoms with van der Waals surface area (Å²) >= 11 is 3.25. The molecule has 0 bridgehead atoms.